The Balaban J connectivity index is 2.30. The number of rotatable bonds is 6. The SMILES string of the molecule is CCC(CC)(CS)Cn1ccnc1-c1ccccc1. The Hall–Kier alpha value is -1.22. The Labute approximate surface area is 121 Å². The lowest BCUT2D eigenvalue weighted by Gasteiger charge is -2.30. The molecule has 1 aromatic heterocycles. The number of hydrogen-bond acceptors (Lipinski definition) is 2. The summed E-state index contributed by atoms with van der Waals surface area (Å²) in [6.45, 7) is 5.48. The molecular weight excluding hydrogens is 252 g/mol. The molecule has 102 valence electrons. The highest BCUT2D eigenvalue weighted by atomic mass is 32.1. The van der Waals surface area contributed by atoms with Crippen molar-refractivity contribution in [3.8, 4) is 11.4 Å². The van der Waals surface area contributed by atoms with E-state index in [2.05, 4.69) is 66.5 Å². The summed E-state index contributed by atoms with van der Waals surface area (Å²) in [4.78, 5) is 4.51. The zero-order valence-corrected chi connectivity index (χ0v) is 12.6. The summed E-state index contributed by atoms with van der Waals surface area (Å²) < 4.78 is 2.26. The number of imidazole rings is 1. The van der Waals surface area contributed by atoms with Crippen molar-refractivity contribution in [2.75, 3.05) is 5.75 Å². The quantitative estimate of drug-likeness (QED) is 0.778. The number of hydrogen-bond donors (Lipinski definition) is 1. The normalized spacial score (nSPS) is 11.7. The maximum atomic E-state index is 4.56. The third-order valence-electron chi connectivity index (χ3n) is 4.09. The maximum absolute atomic E-state index is 4.56. The van der Waals surface area contributed by atoms with Gasteiger partial charge < -0.3 is 4.57 Å². The Morgan fingerprint density at radius 2 is 1.84 bits per heavy atom. The van der Waals surface area contributed by atoms with Gasteiger partial charge in [-0.2, -0.15) is 12.6 Å². The van der Waals surface area contributed by atoms with Gasteiger partial charge in [-0.3, -0.25) is 0 Å². The molecule has 0 saturated heterocycles. The minimum atomic E-state index is 0.257. The summed E-state index contributed by atoms with van der Waals surface area (Å²) in [7, 11) is 0. The van der Waals surface area contributed by atoms with Crippen molar-refractivity contribution in [3.05, 3.63) is 42.7 Å². The van der Waals surface area contributed by atoms with E-state index in [0.717, 1.165) is 31.0 Å². The lowest BCUT2D eigenvalue weighted by atomic mass is 9.84. The molecular formula is C16H22N2S. The van der Waals surface area contributed by atoms with Crippen LogP contribution < -0.4 is 0 Å². The highest BCUT2D eigenvalue weighted by Crippen LogP contribution is 2.31. The fourth-order valence-electron chi connectivity index (χ4n) is 2.39. The van der Waals surface area contributed by atoms with Gasteiger partial charge in [0.2, 0.25) is 0 Å². The standard InChI is InChI=1S/C16H22N2S/c1-3-16(4-2,13-19)12-18-11-10-17-15(18)14-8-6-5-7-9-14/h5-11,19H,3-4,12-13H2,1-2H3. The van der Waals surface area contributed by atoms with Crippen molar-refractivity contribution in [2.45, 2.75) is 33.2 Å². The van der Waals surface area contributed by atoms with Crippen LogP contribution in [-0.4, -0.2) is 15.3 Å². The highest BCUT2D eigenvalue weighted by Gasteiger charge is 2.26. The van der Waals surface area contributed by atoms with E-state index in [-0.39, 0.29) is 5.41 Å². The predicted octanol–water partition coefficient (Wildman–Crippen LogP) is 4.29. The van der Waals surface area contributed by atoms with E-state index in [0.29, 0.717) is 0 Å². The molecule has 1 heterocycles. The van der Waals surface area contributed by atoms with Crippen LogP contribution in [0.4, 0.5) is 0 Å². The molecule has 0 unspecified atom stereocenters. The number of thiol groups is 1. The minimum absolute atomic E-state index is 0.257. The van der Waals surface area contributed by atoms with Gasteiger partial charge in [0.1, 0.15) is 5.82 Å². The van der Waals surface area contributed by atoms with Gasteiger partial charge >= 0.3 is 0 Å². The van der Waals surface area contributed by atoms with Gasteiger partial charge in [0.15, 0.2) is 0 Å². The summed E-state index contributed by atoms with van der Waals surface area (Å²) in [6.07, 6.45) is 6.24. The molecule has 19 heavy (non-hydrogen) atoms. The smallest absolute Gasteiger partial charge is 0.139 e. The van der Waals surface area contributed by atoms with Gasteiger partial charge in [-0.05, 0) is 24.0 Å². The first-order valence-electron chi connectivity index (χ1n) is 6.92. The minimum Gasteiger partial charge on any atom is -0.330 e. The van der Waals surface area contributed by atoms with E-state index < -0.39 is 0 Å². The van der Waals surface area contributed by atoms with Crippen LogP contribution in [0.5, 0.6) is 0 Å². The van der Waals surface area contributed by atoms with Crippen LogP contribution in [0.25, 0.3) is 11.4 Å². The first kappa shape index (κ1) is 14.2. The Kier molecular flexibility index (Phi) is 4.70. The number of nitrogens with zero attached hydrogens (tertiary/aromatic N) is 2. The van der Waals surface area contributed by atoms with Crippen molar-refractivity contribution in [1.29, 1.82) is 0 Å². The molecule has 0 amide bonds. The number of aromatic nitrogens is 2. The fraction of sp³-hybridized carbons (Fsp3) is 0.438. The van der Waals surface area contributed by atoms with Crippen molar-refractivity contribution in [3.63, 3.8) is 0 Å². The second kappa shape index (κ2) is 6.29. The zero-order chi connectivity index (χ0) is 13.7. The second-order valence-corrected chi connectivity index (χ2v) is 5.43. The molecule has 2 rings (SSSR count). The zero-order valence-electron chi connectivity index (χ0n) is 11.7. The second-order valence-electron chi connectivity index (χ2n) is 5.11. The molecule has 0 radical (unpaired) electrons. The predicted molar refractivity (Wildman–Crippen MR) is 84.5 cm³/mol. The molecule has 0 N–H and O–H groups in total. The lowest BCUT2D eigenvalue weighted by molar-refractivity contribution is 0.259. The first-order chi connectivity index (χ1) is 9.24. The van der Waals surface area contributed by atoms with Crippen LogP contribution in [-0.2, 0) is 6.54 Å². The fourth-order valence-corrected chi connectivity index (χ4v) is 2.94. The van der Waals surface area contributed by atoms with E-state index >= 15 is 0 Å². The van der Waals surface area contributed by atoms with Crippen molar-refractivity contribution in [2.24, 2.45) is 5.41 Å². The Morgan fingerprint density at radius 1 is 1.16 bits per heavy atom. The maximum Gasteiger partial charge on any atom is 0.139 e. The van der Waals surface area contributed by atoms with Crippen molar-refractivity contribution < 1.29 is 0 Å². The van der Waals surface area contributed by atoms with E-state index in [1.807, 2.05) is 12.3 Å². The summed E-state index contributed by atoms with van der Waals surface area (Å²) in [5.74, 6) is 1.96. The van der Waals surface area contributed by atoms with Gasteiger partial charge in [-0.1, -0.05) is 44.2 Å². The molecule has 0 aliphatic heterocycles. The van der Waals surface area contributed by atoms with Gasteiger partial charge in [0.05, 0.1) is 0 Å². The third-order valence-corrected chi connectivity index (χ3v) is 4.76. The Morgan fingerprint density at radius 3 is 2.42 bits per heavy atom. The van der Waals surface area contributed by atoms with Gasteiger partial charge in [0, 0.05) is 24.5 Å². The molecule has 2 nitrogen and oxygen atoms in total. The molecule has 0 aliphatic rings. The van der Waals surface area contributed by atoms with Gasteiger partial charge in [-0.15, -0.1) is 0 Å². The average molecular weight is 274 g/mol. The summed E-state index contributed by atoms with van der Waals surface area (Å²) >= 11 is 4.56. The molecule has 0 saturated carbocycles. The van der Waals surface area contributed by atoms with Crippen LogP contribution in [0.2, 0.25) is 0 Å². The van der Waals surface area contributed by atoms with Crippen molar-refractivity contribution in [1.82, 2.24) is 9.55 Å². The van der Waals surface area contributed by atoms with Gasteiger partial charge in [-0.25, -0.2) is 4.98 Å². The average Bonchev–Trinajstić information content (AvgIpc) is 2.94. The van der Waals surface area contributed by atoms with Crippen LogP contribution in [0, 0.1) is 5.41 Å². The molecule has 0 fully saturated rings. The number of benzene rings is 1. The molecule has 0 bridgehead atoms. The highest BCUT2D eigenvalue weighted by molar-refractivity contribution is 7.80. The third kappa shape index (κ3) is 3.03. The van der Waals surface area contributed by atoms with Crippen LogP contribution in [0.1, 0.15) is 26.7 Å². The van der Waals surface area contributed by atoms with Gasteiger partial charge in [0.25, 0.3) is 0 Å². The molecule has 1 aromatic carbocycles. The van der Waals surface area contributed by atoms with Crippen molar-refractivity contribution >= 4 is 12.6 Å². The largest absolute Gasteiger partial charge is 0.330 e. The topological polar surface area (TPSA) is 17.8 Å². The van der Waals surface area contributed by atoms with Crippen LogP contribution in [0.15, 0.2) is 42.7 Å². The van der Waals surface area contributed by atoms with E-state index in [1.54, 1.807) is 0 Å². The molecule has 3 heteroatoms. The molecule has 0 spiro atoms. The molecule has 0 atom stereocenters. The summed E-state index contributed by atoms with van der Waals surface area (Å²) in [5.41, 5.74) is 1.43. The molecule has 0 aliphatic carbocycles. The first-order valence-corrected chi connectivity index (χ1v) is 7.55. The lowest BCUT2D eigenvalue weighted by Crippen LogP contribution is -2.27. The van der Waals surface area contributed by atoms with E-state index in [9.17, 15) is 0 Å². The summed E-state index contributed by atoms with van der Waals surface area (Å²) in [5, 5.41) is 0. The van der Waals surface area contributed by atoms with E-state index in [4.69, 9.17) is 0 Å². The summed E-state index contributed by atoms with van der Waals surface area (Å²) in [6, 6.07) is 10.4. The van der Waals surface area contributed by atoms with Crippen LogP contribution in [0.3, 0.4) is 0 Å². The van der Waals surface area contributed by atoms with E-state index in [1.165, 1.54) is 5.56 Å². The monoisotopic (exact) mass is 274 g/mol. The van der Waals surface area contributed by atoms with Crippen LogP contribution >= 0.6 is 12.6 Å². The molecule has 2 aromatic rings. The Bertz CT molecular complexity index is 492.